The number of aromatic amines is 1. The monoisotopic (exact) mass is 409 g/mol. The molecule has 3 aromatic rings. The fraction of sp³-hybridized carbons (Fsp3) is 0.429. The van der Waals surface area contributed by atoms with Crippen LogP contribution < -0.4 is 16.0 Å². The SMILES string of the molecule is CC(C)(C)OC(=O)NC1CCN(c2ccnc3[nH]cc(-c4ccnc(N)n4)c23)CC1. The summed E-state index contributed by atoms with van der Waals surface area (Å²) in [5.74, 6) is 0.237. The maximum Gasteiger partial charge on any atom is 0.407 e. The van der Waals surface area contributed by atoms with Crippen LogP contribution in [0.25, 0.3) is 22.3 Å². The third-order valence-electron chi connectivity index (χ3n) is 5.06. The molecule has 9 nitrogen and oxygen atoms in total. The van der Waals surface area contributed by atoms with Crippen LogP contribution in [0.2, 0.25) is 0 Å². The third kappa shape index (κ3) is 4.29. The molecule has 1 fully saturated rings. The second-order valence-corrected chi connectivity index (χ2v) is 8.46. The molecule has 1 aliphatic heterocycles. The van der Waals surface area contributed by atoms with Crippen molar-refractivity contribution in [2.45, 2.75) is 45.3 Å². The minimum atomic E-state index is -0.498. The molecule has 1 amide bonds. The van der Waals surface area contributed by atoms with Crippen molar-refractivity contribution in [1.82, 2.24) is 25.3 Å². The Hall–Kier alpha value is -3.36. The van der Waals surface area contributed by atoms with Crippen LogP contribution in [-0.4, -0.2) is 50.8 Å². The summed E-state index contributed by atoms with van der Waals surface area (Å²) < 4.78 is 5.38. The Labute approximate surface area is 175 Å². The first kappa shape index (κ1) is 19.9. The van der Waals surface area contributed by atoms with Gasteiger partial charge in [0.05, 0.1) is 11.1 Å². The van der Waals surface area contributed by atoms with Gasteiger partial charge in [0.25, 0.3) is 0 Å². The van der Waals surface area contributed by atoms with Gasteiger partial charge in [-0.25, -0.2) is 19.7 Å². The second kappa shape index (κ2) is 7.81. The van der Waals surface area contributed by atoms with Crippen molar-refractivity contribution in [3.8, 4) is 11.3 Å². The van der Waals surface area contributed by atoms with Gasteiger partial charge in [-0.2, -0.15) is 0 Å². The summed E-state index contributed by atoms with van der Waals surface area (Å²) in [4.78, 5) is 30.4. The highest BCUT2D eigenvalue weighted by Gasteiger charge is 2.25. The van der Waals surface area contributed by atoms with Crippen molar-refractivity contribution in [3.63, 3.8) is 0 Å². The van der Waals surface area contributed by atoms with Gasteiger partial charge < -0.3 is 25.7 Å². The number of nitrogen functional groups attached to an aromatic ring is 1. The molecule has 3 aromatic heterocycles. The average Bonchev–Trinajstić information content (AvgIpc) is 3.11. The number of rotatable bonds is 3. The number of anilines is 2. The summed E-state index contributed by atoms with van der Waals surface area (Å²) in [6.07, 6.45) is 6.67. The number of H-pyrrole nitrogens is 1. The number of carbonyl (C=O) groups is 1. The van der Waals surface area contributed by atoms with Gasteiger partial charge >= 0.3 is 6.09 Å². The molecule has 158 valence electrons. The van der Waals surface area contributed by atoms with E-state index in [1.165, 1.54) is 0 Å². The van der Waals surface area contributed by atoms with Crippen LogP contribution in [0.4, 0.5) is 16.4 Å². The van der Waals surface area contributed by atoms with E-state index in [1.807, 2.05) is 39.1 Å². The lowest BCUT2D eigenvalue weighted by molar-refractivity contribution is 0.0497. The van der Waals surface area contributed by atoms with Gasteiger partial charge in [-0.15, -0.1) is 0 Å². The molecule has 0 atom stereocenters. The van der Waals surface area contributed by atoms with E-state index in [0.29, 0.717) is 0 Å². The highest BCUT2D eigenvalue weighted by Crippen LogP contribution is 2.35. The lowest BCUT2D eigenvalue weighted by atomic mass is 10.0. The van der Waals surface area contributed by atoms with E-state index in [2.05, 4.69) is 30.2 Å². The van der Waals surface area contributed by atoms with E-state index in [-0.39, 0.29) is 18.1 Å². The molecule has 4 rings (SSSR count). The van der Waals surface area contributed by atoms with Gasteiger partial charge in [0.15, 0.2) is 0 Å². The first-order valence-electron chi connectivity index (χ1n) is 10.1. The summed E-state index contributed by atoms with van der Waals surface area (Å²) in [6, 6.07) is 3.96. The molecule has 1 aliphatic rings. The summed E-state index contributed by atoms with van der Waals surface area (Å²) >= 11 is 0. The number of nitrogens with zero attached hydrogens (tertiary/aromatic N) is 4. The Morgan fingerprint density at radius 1 is 1.23 bits per heavy atom. The molecule has 0 saturated carbocycles. The minimum absolute atomic E-state index is 0.0979. The maximum absolute atomic E-state index is 12.1. The topological polar surface area (TPSA) is 122 Å². The molecule has 0 aliphatic carbocycles. The summed E-state index contributed by atoms with van der Waals surface area (Å²) in [5, 5.41) is 3.99. The molecular formula is C21H27N7O2. The van der Waals surface area contributed by atoms with E-state index in [0.717, 1.165) is 53.9 Å². The molecule has 0 bridgehead atoms. The summed E-state index contributed by atoms with van der Waals surface area (Å²) in [5.41, 5.74) is 8.86. The van der Waals surface area contributed by atoms with Crippen molar-refractivity contribution < 1.29 is 9.53 Å². The Balaban J connectivity index is 1.52. The molecule has 0 aromatic carbocycles. The van der Waals surface area contributed by atoms with Crippen LogP contribution in [0, 0.1) is 0 Å². The van der Waals surface area contributed by atoms with Gasteiger partial charge in [-0.1, -0.05) is 0 Å². The van der Waals surface area contributed by atoms with E-state index in [1.54, 1.807) is 12.4 Å². The Kier molecular flexibility index (Phi) is 5.19. The first-order chi connectivity index (χ1) is 14.3. The number of amides is 1. The largest absolute Gasteiger partial charge is 0.444 e. The quantitative estimate of drug-likeness (QED) is 0.607. The molecule has 0 unspecified atom stereocenters. The van der Waals surface area contributed by atoms with Gasteiger partial charge in [0, 0.05) is 49.0 Å². The van der Waals surface area contributed by atoms with Crippen LogP contribution >= 0.6 is 0 Å². The van der Waals surface area contributed by atoms with Crippen molar-refractivity contribution in [1.29, 1.82) is 0 Å². The number of alkyl carbamates (subject to hydrolysis) is 1. The Morgan fingerprint density at radius 2 is 1.97 bits per heavy atom. The van der Waals surface area contributed by atoms with E-state index < -0.39 is 5.60 Å². The van der Waals surface area contributed by atoms with Gasteiger partial charge in [-0.3, -0.25) is 0 Å². The number of fused-ring (bicyclic) bond motifs is 1. The zero-order valence-corrected chi connectivity index (χ0v) is 17.5. The minimum Gasteiger partial charge on any atom is -0.444 e. The molecule has 0 spiro atoms. The fourth-order valence-corrected chi connectivity index (χ4v) is 3.77. The molecule has 4 N–H and O–H groups in total. The maximum atomic E-state index is 12.1. The number of pyridine rings is 1. The number of aromatic nitrogens is 4. The van der Waals surface area contributed by atoms with Crippen LogP contribution in [-0.2, 0) is 4.74 Å². The van der Waals surface area contributed by atoms with Crippen LogP contribution in [0.5, 0.6) is 0 Å². The highest BCUT2D eigenvalue weighted by molar-refractivity contribution is 6.02. The smallest absolute Gasteiger partial charge is 0.407 e. The highest BCUT2D eigenvalue weighted by atomic mass is 16.6. The van der Waals surface area contributed by atoms with Crippen molar-refractivity contribution in [2.24, 2.45) is 0 Å². The van der Waals surface area contributed by atoms with Gasteiger partial charge in [0.2, 0.25) is 5.95 Å². The number of carbonyl (C=O) groups excluding carboxylic acids is 1. The van der Waals surface area contributed by atoms with E-state index in [4.69, 9.17) is 10.5 Å². The number of piperidine rings is 1. The number of ether oxygens (including phenoxy) is 1. The van der Waals surface area contributed by atoms with Crippen molar-refractivity contribution in [2.75, 3.05) is 23.7 Å². The van der Waals surface area contributed by atoms with Gasteiger partial charge in [0.1, 0.15) is 11.2 Å². The molecule has 4 heterocycles. The molecule has 9 heteroatoms. The number of hydrogen-bond acceptors (Lipinski definition) is 7. The lowest BCUT2D eigenvalue weighted by Crippen LogP contribution is -2.46. The summed E-state index contributed by atoms with van der Waals surface area (Å²) in [6.45, 7) is 7.23. The van der Waals surface area contributed by atoms with Crippen molar-refractivity contribution >= 4 is 28.8 Å². The van der Waals surface area contributed by atoms with Crippen molar-refractivity contribution in [3.05, 3.63) is 30.7 Å². The summed E-state index contributed by atoms with van der Waals surface area (Å²) in [7, 11) is 0. The Morgan fingerprint density at radius 3 is 2.67 bits per heavy atom. The first-order valence-corrected chi connectivity index (χ1v) is 10.1. The van der Waals surface area contributed by atoms with E-state index in [9.17, 15) is 4.79 Å². The second-order valence-electron chi connectivity index (χ2n) is 8.46. The van der Waals surface area contributed by atoms with E-state index >= 15 is 0 Å². The number of nitrogens with one attached hydrogen (secondary N) is 2. The normalized spacial score (nSPS) is 15.4. The molecular weight excluding hydrogens is 382 g/mol. The molecule has 30 heavy (non-hydrogen) atoms. The molecule has 1 saturated heterocycles. The zero-order valence-electron chi connectivity index (χ0n) is 17.5. The lowest BCUT2D eigenvalue weighted by Gasteiger charge is -2.34. The van der Waals surface area contributed by atoms with Gasteiger partial charge in [-0.05, 0) is 45.7 Å². The fourth-order valence-electron chi connectivity index (χ4n) is 3.77. The zero-order chi connectivity index (χ0) is 21.3. The van der Waals surface area contributed by atoms with Crippen LogP contribution in [0.3, 0.4) is 0 Å². The van der Waals surface area contributed by atoms with Crippen LogP contribution in [0.1, 0.15) is 33.6 Å². The predicted molar refractivity (Wildman–Crippen MR) is 116 cm³/mol. The average molecular weight is 409 g/mol. The third-order valence-corrected chi connectivity index (χ3v) is 5.06. The standard InChI is InChI=1S/C21H27N7O2/c1-21(2,3)30-20(29)26-13-6-10-28(11-7-13)16-5-9-23-18-17(16)14(12-25-18)15-4-8-24-19(22)27-15/h4-5,8-9,12-13H,6-7,10-11H2,1-3H3,(H,23,25)(H,26,29)(H2,22,24,27). The Bertz CT molecular complexity index is 1050. The number of nitrogens with two attached hydrogens (primary N) is 1. The predicted octanol–water partition coefficient (Wildman–Crippen LogP) is 3.10. The van der Waals surface area contributed by atoms with Crippen LogP contribution in [0.15, 0.2) is 30.7 Å². The molecule has 0 radical (unpaired) electrons. The number of hydrogen-bond donors (Lipinski definition) is 3.